The number of carbonyl (C=O) groups is 2. The number of pyridine rings is 3. The molecule has 2 aliphatic heterocycles. The van der Waals surface area contributed by atoms with Crippen molar-refractivity contribution in [2.45, 2.75) is 59.0 Å². The normalized spacial score (nSPS) is 15.8. The van der Waals surface area contributed by atoms with Crippen LogP contribution in [0.5, 0.6) is 11.5 Å². The Morgan fingerprint density at radius 3 is 2.00 bits per heavy atom. The first kappa shape index (κ1) is 57.9. The second-order valence-corrected chi connectivity index (χ2v) is 21.2. The van der Waals surface area contributed by atoms with E-state index in [1.54, 1.807) is 47.7 Å². The van der Waals surface area contributed by atoms with E-state index in [-0.39, 0.29) is 118 Å². The molecule has 18 nitrogen and oxygen atoms in total. The van der Waals surface area contributed by atoms with E-state index in [0.717, 1.165) is 34.9 Å². The first-order valence-electron chi connectivity index (χ1n) is 26.2. The third-order valence-corrected chi connectivity index (χ3v) is 15.1. The number of ether oxygens (including phenoxy) is 1. The van der Waals surface area contributed by atoms with Gasteiger partial charge >= 0.3 is 17.7 Å². The van der Waals surface area contributed by atoms with Crippen molar-refractivity contribution in [2.75, 3.05) is 49.1 Å². The number of phenols is 1. The maximum absolute atomic E-state index is 15.6. The molecule has 0 aliphatic carbocycles. The van der Waals surface area contributed by atoms with Crippen LogP contribution in [-0.2, 0) is 9.59 Å². The summed E-state index contributed by atoms with van der Waals surface area (Å²) >= 11 is 13.7. The summed E-state index contributed by atoms with van der Waals surface area (Å²) in [4.78, 5) is 84.9. The Morgan fingerprint density at radius 1 is 0.798 bits per heavy atom. The van der Waals surface area contributed by atoms with Crippen LogP contribution in [0.1, 0.15) is 56.0 Å². The molecule has 0 bridgehead atoms. The standard InChI is InChI=1S/C59H49Cl2F5N12O6/c1-7-46(80)73-19-21-75(32(5)28-73)53-37-26-40(61)51(48-42(63)9-8-10-44(48)79)70-55(37)77(57(82)71-53)43-15-12-34(24-45(43)84-59(64,65)66)13-16-47(81)74-20-22-76(33(6)29-74)54-38-25-39(60)50(36-23-35(27-67)11-14-41(36)62)69-56(38)78(58(83)72-54)52-31(4)17-18-68-49(52)30(2)3/h7-18,23-26,30,32-33,79H,1,19-22,28-29H2,2-6H3/b16-13-/t32-,33-/m0/s1. The van der Waals surface area contributed by atoms with Crippen LogP contribution in [0.3, 0.4) is 0 Å². The number of halogens is 7. The van der Waals surface area contributed by atoms with Crippen molar-refractivity contribution in [1.29, 1.82) is 5.26 Å². The predicted octanol–water partition coefficient (Wildman–Crippen LogP) is 10.1. The van der Waals surface area contributed by atoms with Crippen molar-refractivity contribution in [2.24, 2.45) is 0 Å². The van der Waals surface area contributed by atoms with Gasteiger partial charge in [-0.25, -0.2) is 37.5 Å². The molecule has 2 amide bonds. The van der Waals surface area contributed by atoms with Crippen molar-refractivity contribution in [3.8, 4) is 51.5 Å². The minimum Gasteiger partial charge on any atom is -0.507 e. The molecule has 2 saturated heterocycles. The summed E-state index contributed by atoms with van der Waals surface area (Å²) in [6.07, 6.45) is -0.139. The van der Waals surface area contributed by atoms with Gasteiger partial charge in [0.1, 0.15) is 29.0 Å². The molecule has 10 rings (SSSR count). The average Bonchev–Trinajstić information content (AvgIpc) is 1.22. The Morgan fingerprint density at radius 2 is 1.40 bits per heavy atom. The molecule has 84 heavy (non-hydrogen) atoms. The third kappa shape index (κ3) is 11.0. The summed E-state index contributed by atoms with van der Waals surface area (Å²) in [5.74, 6) is -4.01. The summed E-state index contributed by atoms with van der Waals surface area (Å²) in [6.45, 7) is 13.5. The van der Waals surface area contributed by atoms with E-state index in [4.69, 9.17) is 28.2 Å². The smallest absolute Gasteiger partial charge is 0.507 e. The molecule has 0 unspecified atom stereocenters. The number of nitriles is 1. The Hall–Kier alpha value is -9.27. The summed E-state index contributed by atoms with van der Waals surface area (Å²) in [5, 5.41) is 20.6. The van der Waals surface area contributed by atoms with Gasteiger partial charge in [0, 0.05) is 69.2 Å². The van der Waals surface area contributed by atoms with E-state index < -0.39 is 70.1 Å². The monoisotopic (exact) mass is 1190 g/mol. The van der Waals surface area contributed by atoms with Gasteiger partial charge in [-0.3, -0.25) is 14.6 Å². The van der Waals surface area contributed by atoms with Crippen molar-refractivity contribution in [3.05, 3.63) is 163 Å². The first-order chi connectivity index (χ1) is 40.0. The molecule has 0 radical (unpaired) electrons. The fourth-order valence-corrected chi connectivity index (χ4v) is 11.1. The second kappa shape index (κ2) is 22.8. The predicted molar refractivity (Wildman–Crippen MR) is 307 cm³/mol. The van der Waals surface area contributed by atoms with Crippen molar-refractivity contribution < 1.29 is 41.4 Å². The van der Waals surface area contributed by atoms with Crippen LogP contribution in [-0.4, -0.2) is 118 Å². The van der Waals surface area contributed by atoms with E-state index in [2.05, 4.69) is 31.3 Å². The van der Waals surface area contributed by atoms with Crippen molar-refractivity contribution >= 4 is 74.8 Å². The molecule has 430 valence electrons. The zero-order valence-corrected chi connectivity index (χ0v) is 46.9. The van der Waals surface area contributed by atoms with Crippen molar-refractivity contribution in [1.82, 2.24) is 43.9 Å². The third-order valence-electron chi connectivity index (χ3n) is 14.6. The summed E-state index contributed by atoms with van der Waals surface area (Å²) in [7, 11) is 0. The highest BCUT2D eigenvalue weighted by Crippen LogP contribution is 2.41. The molecule has 2 fully saturated rings. The van der Waals surface area contributed by atoms with Gasteiger partial charge in [0.25, 0.3) is 0 Å². The fraction of sp³-hybridized carbons (Fsp3) is 0.254. The van der Waals surface area contributed by atoms with Gasteiger partial charge < -0.3 is 29.4 Å². The van der Waals surface area contributed by atoms with E-state index in [0.29, 0.717) is 22.3 Å². The molecule has 1 N–H and O–H groups in total. The van der Waals surface area contributed by atoms with Crippen LogP contribution in [0.25, 0.3) is 62.0 Å². The number of benzene rings is 3. The van der Waals surface area contributed by atoms with Gasteiger partial charge in [-0.15, -0.1) is 13.2 Å². The number of alkyl halides is 3. The molecule has 7 heterocycles. The maximum Gasteiger partial charge on any atom is 0.573 e. The van der Waals surface area contributed by atoms with Crippen LogP contribution in [0, 0.1) is 29.9 Å². The van der Waals surface area contributed by atoms with Crippen LogP contribution >= 0.6 is 23.2 Å². The number of carbonyl (C=O) groups excluding carboxylic acids is 2. The molecule has 0 spiro atoms. The number of phenolic OH excluding ortho intramolecular Hbond substituents is 1. The van der Waals surface area contributed by atoms with E-state index in [1.165, 1.54) is 64.1 Å². The zero-order chi connectivity index (χ0) is 60.2. The molecule has 0 saturated carbocycles. The number of aromatic nitrogens is 7. The topological polar surface area (TPSA) is 209 Å². The Balaban J connectivity index is 0.994. The highest BCUT2D eigenvalue weighted by atomic mass is 35.5. The summed E-state index contributed by atoms with van der Waals surface area (Å²) in [6, 6.07) is 16.1. The average molecular weight is 1190 g/mol. The lowest BCUT2D eigenvalue weighted by molar-refractivity contribution is -0.274. The Kier molecular flexibility index (Phi) is 15.7. The molecule has 25 heteroatoms. The molecule has 3 aromatic carbocycles. The van der Waals surface area contributed by atoms with Gasteiger partial charge in [-0.1, -0.05) is 55.8 Å². The number of hydrogen-bond acceptors (Lipinski definition) is 14. The van der Waals surface area contributed by atoms with Crippen LogP contribution in [0.2, 0.25) is 10.0 Å². The van der Waals surface area contributed by atoms with Crippen LogP contribution in [0.15, 0.2) is 107 Å². The SMILES string of the molecule is C=CC(=O)N1CCN(c2nc(=O)n(-c3ccc(/C=C\C(=O)N4CCN(c5nc(=O)n(-c6c(C)ccnc6C(C)C)c6nc(-c7cc(C#N)ccc7F)c(Cl)cc56)[C@@H](C)C4)cc3OC(F)(F)F)c3nc(-c4c(O)cccc4F)c(Cl)cc23)[C@@H](C)C1. The number of nitrogens with zero attached hydrogens (tertiary/aromatic N) is 12. The Bertz CT molecular complexity index is 4220. The lowest BCUT2D eigenvalue weighted by Gasteiger charge is -2.40. The summed E-state index contributed by atoms with van der Waals surface area (Å²) in [5.41, 5.74) is -1.76. The molecule has 8 aromatic rings. The maximum atomic E-state index is 15.6. The number of hydrogen-bond donors (Lipinski definition) is 1. The number of rotatable bonds is 11. The minimum absolute atomic E-state index is 0.00803. The first-order valence-corrected chi connectivity index (χ1v) is 26.9. The van der Waals surface area contributed by atoms with Gasteiger partial charge in [0.05, 0.1) is 66.5 Å². The molecular weight excluding hydrogens is 1140 g/mol. The quantitative estimate of drug-likeness (QED) is 0.0944. The lowest BCUT2D eigenvalue weighted by atomic mass is 10.0. The van der Waals surface area contributed by atoms with Crippen LogP contribution in [0.4, 0.5) is 33.6 Å². The molecular formula is C59H49Cl2F5N12O6. The Labute approximate surface area is 485 Å². The second-order valence-electron chi connectivity index (χ2n) is 20.4. The number of amides is 2. The largest absolute Gasteiger partial charge is 0.573 e. The number of anilines is 2. The van der Waals surface area contributed by atoms with E-state index in [1.807, 2.05) is 19.9 Å². The fourth-order valence-electron chi connectivity index (χ4n) is 10.6. The van der Waals surface area contributed by atoms with E-state index in [9.17, 15) is 42.7 Å². The summed E-state index contributed by atoms with van der Waals surface area (Å²) < 4.78 is 80.9. The van der Waals surface area contributed by atoms with Gasteiger partial charge in [0.15, 0.2) is 17.0 Å². The van der Waals surface area contributed by atoms with Crippen molar-refractivity contribution in [3.63, 3.8) is 0 Å². The highest BCUT2D eigenvalue weighted by molar-refractivity contribution is 6.34. The molecule has 2 atom stereocenters. The number of piperazine rings is 2. The van der Waals surface area contributed by atoms with Crippen LogP contribution < -0.4 is 25.9 Å². The number of fused-ring (bicyclic) bond motifs is 2. The molecule has 2 aliphatic rings. The van der Waals surface area contributed by atoms with Gasteiger partial charge in [0.2, 0.25) is 11.8 Å². The number of aryl methyl sites for hydroxylation is 1. The highest BCUT2D eigenvalue weighted by Gasteiger charge is 2.36. The van der Waals surface area contributed by atoms with E-state index >= 15 is 8.78 Å². The zero-order valence-electron chi connectivity index (χ0n) is 45.4. The minimum atomic E-state index is -5.33. The van der Waals surface area contributed by atoms with Gasteiger partial charge in [-0.2, -0.15) is 15.2 Å². The number of aromatic hydroxyl groups is 1. The molecule has 5 aromatic heterocycles. The lowest BCUT2D eigenvalue weighted by Crippen LogP contribution is -2.54. The van der Waals surface area contributed by atoms with Gasteiger partial charge in [-0.05, 0) is 111 Å².